The van der Waals surface area contributed by atoms with Crippen molar-refractivity contribution < 1.29 is 17.5 Å². The number of anilines is 1. The van der Waals surface area contributed by atoms with Crippen LogP contribution in [0.15, 0.2) is 72.4 Å². The van der Waals surface area contributed by atoms with Gasteiger partial charge in [-0.2, -0.15) is 13.0 Å². The van der Waals surface area contributed by atoms with E-state index in [1.54, 1.807) is 0 Å². The lowest BCUT2D eigenvalue weighted by Crippen LogP contribution is -2.39. The molecule has 0 amide bonds. The molecule has 1 aliphatic heterocycles. The maximum absolute atomic E-state index is 11.2. The van der Waals surface area contributed by atoms with Gasteiger partial charge in [-0.3, -0.25) is 4.55 Å². The summed E-state index contributed by atoms with van der Waals surface area (Å²) in [7, 11) is -3.98. The fourth-order valence-electron chi connectivity index (χ4n) is 3.97. The summed E-state index contributed by atoms with van der Waals surface area (Å²) < 4.78 is 33.7. The Hall–Kier alpha value is -2.96. The first-order valence-corrected chi connectivity index (χ1v) is 11.7. The van der Waals surface area contributed by atoms with E-state index in [2.05, 4.69) is 58.9 Å². The molecule has 0 radical (unpaired) electrons. The Morgan fingerprint density at radius 2 is 1.77 bits per heavy atom. The number of hydrogen-bond acceptors (Lipinski definition) is 3. The highest BCUT2D eigenvalue weighted by molar-refractivity contribution is 7.85. The van der Waals surface area contributed by atoms with E-state index < -0.39 is 10.1 Å². The van der Waals surface area contributed by atoms with E-state index in [1.807, 2.05) is 36.4 Å². The molecule has 5 nitrogen and oxygen atoms in total. The molecule has 1 aromatic heterocycles. The number of para-hydroxylation sites is 2. The zero-order valence-corrected chi connectivity index (χ0v) is 17.7. The second-order valence-electron chi connectivity index (χ2n) is 7.31. The van der Waals surface area contributed by atoms with Crippen LogP contribution in [-0.2, 0) is 16.7 Å². The van der Waals surface area contributed by atoms with Gasteiger partial charge in [-0.15, -0.1) is 0 Å². The van der Waals surface area contributed by atoms with Crippen LogP contribution in [0.4, 0.5) is 5.69 Å². The zero-order chi connectivity index (χ0) is 21.1. The monoisotopic (exact) mass is 421 g/mol. The smallest absolute Gasteiger partial charge is 0.265 e. The van der Waals surface area contributed by atoms with Crippen LogP contribution in [0.5, 0.6) is 0 Å². The summed E-state index contributed by atoms with van der Waals surface area (Å²) in [5, 5.41) is 1.09. The summed E-state index contributed by atoms with van der Waals surface area (Å²) in [6.07, 6.45) is 6.71. The average molecular weight is 422 g/mol. The Morgan fingerprint density at radius 3 is 2.57 bits per heavy atom. The summed E-state index contributed by atoms with van der Waals surface area (Å²) >= 11 is 0. The van der Waals surface area contributed by atoms with Crippen molar-refractivity contribution in [1.82, 2.24) is 0 Å². The van der Waals surface area contributed by atoms with Crippen molar-refractivity contribution >= 4 is 38.9 Å². The van der Waals surface area contributed by atoms with Crippen LogP contribution in [0, 0.1) is 0 Å². The number of rotatable bonds is 6. The fraction of sp³-hybridized carbons (Fsp3) is 0.208. The van der Waals surface area contributed by atoms with Crippen molar-refractivity contribution in [2.24, 2.45) is 0 Å². The first-order valence-electron chi connectivity index (χ1n) is 10.1. The lowest BCUT2D eigenvalue weighted by Gasteiger charge is -2.29. The van der Waals surface area contributed by atoms with Gasteiger partial charge in [-0.25, -0.2) is 0 Å². The minimum atomic E-state index is -3.98. The van der Waals surface area contributed by atoms with Crippen molar-refractivity contribution in [3.8, 4) is 0 Å². The molecule has 30 heavy (non-hydrogen) atoms. The number of pyridine rings is 1. The molecular weight excluding hydrogens is 396 g/mol. The van der Waals surface area contributed by atoms with Crippen LogP contribution >= 0.6 is 0 Å². The number of aromatic nitrogens is 1. The Bertz CT molecular complexity index is 1250. The van der Waals surface area contributed by atoms with Crippen LogP contribution in [0.1, 0.15) is 24.6 Å². The van der Waals surface area contributed by atoms with Gasteiger partial charge in [-0.05, 0) is 36.8 Å². The molecule has 3 aromatic rings. The Labute approximate surface area is 177 Å². The third-order valence-electron chi connectivity index (χ3n) is 5.34. The third kappa shape index (κ3) is 4.30. The van der Waals surface area contributed by atoms with Gasteiger partial charge in [0.2, 0.25) is 11.2 Å². The summed E-state index contributed by atoms with van der Waals surface area (Å²) in [5.41, 5.74) is 5.46. The molecule has 154 valence electrons. The average Bonchev–Trinajstić information content (AvgIpc) is 2.74. The molecular formula is C24H25N2O3S+. The number of aryl methyl sites for hydroxylation is 1. The molecule has 1 N–H and O–H groups in total. The SMILES string of the molecule is CCN1/C(=C\c2ccc3ccccc3[n+]2CCCS(=O)(=O)O)C=Cc2ccccc21. The van der Waals surface area contributed by atoms with Gasteiger partial charge in [0.25, 0.3) is 10.1 Å². The van der Waals surface area contributed by atoms with Crippen molar-refractivity contribution in [2.75, 3.05) is 17.2 Å². The van der Waals surface area contributed by atoms with E-state index in [9.17, 15) is 8.42 Å². The van der Waals surface area contributed by atoms with Crippen LogP contribution in [0.3, 0.4) is 0 Å². The van der Waals surface area contributed by atoms with Gasteiger partial charge >= 0.3 is 0 Å². The van der Waals surface area contributed by atoms with E-state index >= 15 is 0 Å². The Balaban J connectivity index is 1.77. The maximum atomic E-state index is 11.2. The molecule has 0 saturated carbocycles. The number of nitrogens with zero attached hydrogens (tertiary/aromatic N) is 2. The Morgan fingerprint density at radius 1 is 1.00 bits per heavy atom. The predicted molar refractivity (Wildman–Crippen MR) is 122 cm³/mol. The molecule has 2 heterocycles. The molecule has 0 fully saturated rings. The van der Waals surface area contributed by atoms with Crippen LogP contribution < -0.4 is 9.47 Å². The van der Waals surface area contributed by atoms with Crippen molar-refractivity contribution in [3.63, 3.8) is 0 Å². The molecule has 0 atom stereocenters. The minimum Gasteiger partial charge on any atom is -0.341 e. The molecule has 2 aromatic carbocycles. The minimum absolute atomic E-state index is 0.256. The quantitative estimate of drug-likeness (QED) is 0.476. The van der Waals surface area contributed by atoms with Gasteiger partial charge in [0, 0.05) is 47.9 Å². The first kappa shape index (κ1) is 20.3. The van der Waals surface area contributed by atoms with Gasteiger partial charge in [-0.1, -0.05) is 36.4 Å². The molecule has 0 spiro atoms. The normalized spacial score (nSPS) is 15.0. The predicted octanol–water partition coefficient (Wildman–Crippen LogP) is 4.30. The number of fused-ring (bicyclic) bond motifs is 2. The molecule has 4 rings (SSSR count). The lowest BCUT2D eigenvalue weighted by molar-refractivity contribution is -0.673. The van der Waals surface area contributed by atoms with Crippen LogP contribution in [-0.4, -0.2) is 25.3 Å². The third-order valence-corrected chi connectivity index (χ3v) is 6.15. The lowest BCUT2D eigenvalue weighted by atomic mass is 10.0. The molecule has 0 unspecified atom stereocenters. The number of allylic oxidation sites excluding steroid dienone is 1. The van der Waals surface area contributed by atoms with E-state index in [0.29, 0.717) is 13.0 Å². The standard InChI is InChI=1S/C24H24N2O3S/c1-2-25-21(14-12-19-8-3-5-10-23(19)25)18-22-15-13-20-9-4-6-11-24(20)26(22)16-7-17-30(27,28)29/h3-6,8-15,18H,2,7,16-17H2,1H3/p+1. The van der Waals surface area contributed by atoms with Crippen molar-refractivity contribution in [1.29, 1.82) is 0 Å². The van der Waals surface area contributed by atoms with Gasteiger partial charge < -0.3 is 4.90 Å². The number of likely N-dealkylation sites (N-methyl/N-ethyl adjacent to an activating group) is 1. The van der Waals surface area contributed by atoms with Crippen molar-refractivity contribution in [3.05, 3.63) is 83.7 Å². The molecule has 0 saturated heterocycles. The highest BCUT2D eigenvalue weighted by Crippen LogP contribution is 2.31. The van der Waals surface area contributed by atoms with E-state index in [4.69, 9.17) is 4.55 Å². The highest BCUT2D eigenvalue weighted by atomic mass is 32.2. The Kier molecular flexibility index (Phi) is 5.70. The first-order chi connectivity index (χ1) is 14.5. The van der Waals surface area contributed by atoms with Crippen molar-refractivity contribution in [2.45, 2.75) is 19.9 Å². The molecule has 6 heteroatoms. The largest absolute Gasteiger partial charge is 0.341 e. The summed E-state index contributed by atoms with van der Waals surface area (Å²) in [6.45, 7) is 3.46. The van der Waals surface area contributed by atoms with Gasteiger partial charge in [0.15, 0.2) is 6.54 Å². The zero-order valence-electron chi connectivity index (χ0n) is 16.9. The van der Waals surface area contributed by atoms with Gasteiger partial charge in [0.05, 0.1) is 5.75 Å². The fourth-order valence-corrected chi connectivity index (χ4v) is 4.46. The van der Waals surface area contributed by atoms with E-state index in [-0.39, 0.29) is 5.75 Å². The van der Waals surface area contributed by atoms with E-state index in [0.717, 1.165) is 28.8 Å². The van der Waals surface area contributed by atoms with E-state index in [1.165, 1.54) is 11.3 Å². The molecule has 0 bridgehead atoms. The second kappa shape index (κ2) is 8.42. The summed E-state index contributed by atoms with van der Waals surface area (Å²) in [4.78, 5) is 2.27. The number of hydrogen-bond donors (Lipinski definition) is 1. The summed E-state index contributed by atoms with van der Waals surface area (Å²) in [5.74, 6) is -0.256. The molecule has 1 aliphatic rings. The van der Waals surface area contributed by atoms with Crippen LogP contribution in [0.2, 0.25) is 0 Å². The maximum Gasteiger partial charge on any atom is 0.265 e. The number of benzene rings is 2. The molecule has 0 aliphatic carbocycles. The van der Waals surface area contributed by atoms with Crippen LogP contribution in [0.25, 0.3) is 23.1 Å². The second-order valence-corrected chi connectivity index (χ2v) is 8.89. The van der Waals surface area contributed by atoms with Gasteiger partial charge in [0.1, 0.15) is 0 Å². The summed E-state index contributed by atoms with van der Waals surface area (Å²) in [6, 6.07) is 20.5. The highest BCUT2D eigenvalue weighted by Gasteiger charge is 2.20. The topological polar surface area (TPSA) is 61.5 Å².